The Kier molecular flexibility index (Phi) is 4.90. The predicted octanol–water partition coefficient (Wildman–Crippen LogP) is 3.29. The highest BCUT2D eigenvalue weighted by molar-refractivity contribution is 5.81. The Morgan fingerprint density at radius 3 is 2.70 bits per heavy atom. The smallest absolute Gasteiger partial charge is 0.330 e. The number of methoxy groups -OCH3 is 1. The summed E-state index contributed by atoms with van der Waals surface area (Å²) in [5, 5.41) is 0. The summed E-state index contributed by atoms with van der Waals surface area (Å²) in [6.45, 7) is 4.78. The van der Waals surface area contributed by atoms with Crippen LogP contribution in [0.15, 0.2) is 12.2 Å². The molecular weight excluding hydrogens is 250 g/mol. The Bertz CT molecular complexity index is 375. The predicted molar refractivity (Wildman–Crippen MR) is 81.1 cm³/mol. The van der Waals surface area contributed by atoms with E-state index >= 15 is 0 Å². The lowest BCUT2D eigenvalue weighted by molar-refractivity contribution is -0.134. The maximum Gasteiger partial charge on any atom is 0.330 e. The number of esters is 1. The van der Waals surface area contributed by atoms with Crippen molar-refractivity contribution in [2.24, 2.45) is 28.9 Å². The van der Waals surface area contributed by atoms with Crippen molar-refractivity contribution in [3.8, 4) is 0 Å². The van der Waals surface area contributed by atoms with Crippen LogP contribution in [0.5, 0.6) is 0 Å². The number of nitrogens with two attached hydrogens (primary N) is 1. The fourth-order valence-corrected chi connectivity index (χ4v) is 4.19. The molecule has 3 nitrogen and oxygen atoms in total. The van der Waals surface area contributed by atoms with Gasteiger partial charge in [0.15, 0.2) is 0 Å². The maximum atomic E-state index is 10.9. The van der Waals surface area contributed by atoms with Gasteiger partial charge in [-0.1, -0.05) is 26.3 Å². The minimum atomic E-state index is -0.262. The third-order valence-electron chi connectivity index (χ3n) is 5.79. The van der Waals surface area contributed by atoms with E-state index in [9.17, 15) is 4.79 Å². The zero-order valence-electron chi connectivity index (χ0n) is 13.1. The second-order valence-electron chi connectivity index (χ2n) is 7.14. The SMILES string of the molecule is COC(=O)C=CCCCC[C@H]1C[C@H]2C[C@@H]([C@@H]1N)C2(C)C. The van der Waals surface area contributed by atoms with Gasteiger partial charge in [0.2, 0.25) is 0 Å². The highest BCUT2D eigenvalue weighted by Crippen LogP contribution is 2.60. The summed E-state index contributed by atoms with van der Waals surface area (Å²) in [4.78, 5) is 10.9. The summed E-state index contributed by atoms with van der Waals surface area (Å²) in [6, 6.07) is 0.403. The number of fused-ring (bicyclic) bond motifs is 2. The fraction of sp³-hybridized carbons (Fsp3) is 0.824. The first kappa shape index (κ1) is 15.6. The molecule has 2 N–H and O–H groups in total. The second kappa shape index (κ2) is 6.30. The maximum absolute atomic E-state index is 10.9. The summed E-state index contributed by atoms with van der Waals surface area (Å²) in [5.41, 5.74) is 6.94. The molecule has 3 fully saturated rings. The number of rotatable bonds is 6. The third kappa shape index (κ3) is 3.08. The Hall–Kier alpha value is -0.830. The zero-order chi connectivity index (χ0) is 14.8. The molecule has 3 saturated carbocycles. The molecule has 4 atom stereocenters. The van der Waals surface area contributed by atoms with Crippen molar-refractivity contribution in [1.29, 1.82) is 0 Å². The van der Waals surface area contributed by atoms with E-state index in [1.54, 1.807) is 0 Å². The van der Waals surface area contributed by atoms with Crippen LogP contribution in [0.4, 0.5) is 0 Å². The average Bonchev–Trinajstić information content (AvgIpc) is 2.43. The third-order valence-corrected chi connectivity index (χ3v) is 5.79. The molecular formula is C17H29NO2. The molecule has 0 radical (unpaired) electrons. The van der Waals surface area contributed by atoms with Gasteiger partial charge in [0.25, 0.3) is 0 Å². The molecule has 0 amide bonds. The van der Waals surface area contributed by atoms with Gasteiger partial charge in [-0.15, -0.1) is 0 Å². The van der Waals surface area contributed by atoms with Gasteiger partial charge in [-0.3, -0.25) is 0 Å². The molecule has 114 valence electrons. The van der Waals surface area contributed by atoms with Crippen LogP contribution in [-0.2, 0) is 9.53 Å². The van der Waals surface area contributed by atoms with Crippen molar-refractivity contribution >= 4 is 5.97 Å². The van der Waals surface area contributed by atoms with Crippen LogP contribution in [0.1, 0.15) is 52.4 Å². The highest BCUT2D eigenvalue weighted by atomic mass is 16.5. The molecule has 0 aromatic heterocycles. The van der Waals surface area contributed by atoms with Gasteiger partial charge in [0.1, 0.15) is 0 Å². The molecule has 0 aliphatic heterocycles. The standard InChI is InChI=1S/C17H29NO2/c1-17(2)13-10-12(16(18)14(17)11-13)8-6-4-5-7-9-15(19)20-3/h7,9,12-14,16H,4-6,8,10-11,18H2,1-3H3/t12-,13-,14-,16+/m0/s1. The molecule has 3 aliphatic rings. The minimum Gasteiger partial charge on any atom is -0.466 e. The van der Waals surface area contributed by atoms with E-state index in [2.05, 4.69) is 18.6 Å². The van der Waals surface area contributed by atoms with Crippen LogP contribution >= 0.6 is 0 Å². The van der Waals surface area contributed by atoms with Crippen molar-refractivity contribution in [3.05, 3.63) is 12.2 Å². The van der Waals surface area contributed by atoms with Gasteiger partial charge in [0, 0.05) is 12.1 Å². The van der Waals surface area contributed by atoms with Gasteiger partial charge >= 0.3 is 5.97 Å². The molecule has 2 bridgehead atoms. The highest BCUT2D eigenvalue weighted by Gasteiger charge is 2.56. The van der Waals surface area contributed by atoms with E-state index in [0.29, 0.717) is 11.5 Å². The van der Waals surface area contributed by atoms with E-state index in [-0.39, 0.29) is 5.97 Å². The normalized spacial score (nSPS) is 34.8. The topological polar surface area (TPSA) is 52.3 Å². The average molecular weight is 279 g/mol. The second-order valence-corrected chi connectivity index (χ2v) is 7.14. The Labute approximate surface area is 122 Å². The van der Waals surface area contributed by atoms with E-state index in [4.69, 9.17) is 5.73 Å². The largest absolute Gasteiger partial charge is 0.466 e. The molecule has 0 aromatic carbocycles. The summed E-state index contributed by atoms with van der Waals surface area (Å²) in [7, 11) is 1.41. The van der Waals surface area contributed by atoms with Crippen LogP contribution in [0.2, 0.25) is 0 Å². The molecule has 0 aromatic rings. The van der Waals surface area contributed by atoms with E-state index in [1.807, 2.05) is 6.08 Å². The minimum absolute atomic E-state index is 0.262. The van der Waals surface area contributed by atoms with Crippen LogP contribution in [0.3, 0.4) is 0 Å². The summed E-state index contributed by atoms with van der Waals surface area (Å²) in [6.07, 6.45) is 10.7. The van der Waals surface area contributed by atoms with Crippen molar-refractivity contribution < 1.29 is 9.53 Å². The van der Waals surface area contributed by atoms with Crippen molar-refractivity contribution in [1.82, 2.24) is 0 Å². The molecule has 20 heavy (non-hydrogen) atoms. The first-order valence-corrected chi connectivity index (χ1v) is 7.97. The molecule has 3 rings (SSSR count). The van der Waals surface area contributed by atoms with Crippen LogP contribution in [0, 0.1) is 23.2 Å². The summed E-state index contributed by atoms with van der Waals surface area (Å²) in [5.74, 6) is 2.10. The lowest BCUT2D eigenvalue weighted by Crippen LogP contribution is -2.61. The number of allylic oxidation sites excluding steroid dienone is 1. The first-order chi connectivity index (χ1) is 9.46. The Morgan fingerprint density at radius 2 is 2.10 bits per heavy atom. The van der Waals surface area contributed by atoms with E-state index in [0.717, 1.165) is 30.6 Å². The number of carbonyl (C=O) groups excluding carboxylic acids is 1. The van der Waals surface area contributed by atoms with Crippen LogP contribution in [0.25, 0.3) is 0 Å². The lowest BCUT2D eigenvalue weighted by Gasteiger charge is -2.62. The van der Waals surface area contributed by atoms with Gasteiger partial charge in [-0.05, 0) is 55.3 Å². The van der Waals surface area contributed by atoms with Crippen molar-refractivity contribution in [3.63, 3.8) is 0 Å². The first-order valence-electron chi connectivity index (χ1n) is 7.97. The number of hydrogen-bond donors (Lipinski definition) is 1. The number of unbranched alkanes of at least 4 members (excludes halogenated alkanes) is 2. The van der Waals surface area contributed by atoms with Gasteiger partial charge in [-0.25, -0.2) is 4.79 Å². The van der Waals surface area contributed by atoms with E-state index < -0.39 is 0 Å². The molecule has 0 saturated heterocycles. The molecule has 3 heteroatoms. The molecule has 0 heterocycles. The summed E-state index contributed by atoms with van der Waals surface area (Å²) >= 11 is 0. The van der Waals surface area contributed by atoms with Gasteiger partial charge in [-0.2, -0.15) is 0 Å². The molecule has 0 spiro atoms. The molecule has 0 unspecified atom stereocenters. The van der Waals surface area contributed by atoms with Gasteiger partial charge in [0.05, 0.1) is 7.11 Å². The molecule has 3 aliphatic carbocycles. The van der Waals surface area contributed by atoms with E-state index in [1.165, 1.54) is 38.9 Å². The number of hydrogen-bond acceptors (Lipinski definition) is 3. The number of carbonyl (C=O) groups is 1. The van der Waals surface area contributed by atoms with Crippen molar-refractivity contribution in [2.75, 3.05) is 7.11 Å². The zero-order valence-corrected chi connectivity index (χ0v) is 13.1. The monoisotopic (exact) mass is 279 g/mol. The number of ether oxygens (including phenoxy) is 1. The Balaban J connectivity index is 1.64. The fourth-order valence-electron chi connectivity index (χ4n) is 4.19. The Morgan fingerprint density at radius 1 is 1.35 bits per heavy atom. The lowest BCUT2D eigenvalue weighted by atomic mass is 9.45. The quantitative estimate of drug-likeness (QED) is 0.461. The summed E-state index contributed by atoms with van der Waals surface area (Å²) < 4.78 is 4.56. The van der Waals surface area contributed by atoms with Crippen LogP contribution in [-0.4, -0.2) is 19.1 Å². The van der Waals surface area contributed by atoms with Crippen molar-refractivity contribution in [2.45, 2.75) is 58.4 Å². The van der Waals surface area contributed by atoms with Crippen LogP contribution < -0.4 is 5.73 Å². The van der Waals surface area contributed by atoms with Gasteiger partial charge < -0.3 is 10.5 Å².